The summed E-state index contributed by atoms with van der Waals surface area (Å²) >= 11 is 0. The minimum Gasteiger partial charge on any atom is -0.366 e. The van der Waals surface area contributed by atoms with Crippen molar-refractivity contribution in [2.45, 2.75) is 25.8 Å². The zero-order valence-electron chi connectivity index (χ0n) is 10.8. The fourth-order valence-corrected chi connectivity index (χ4v) is 2.89. The third-order valence-electron chi connectivity index (χ3n) is 3.87. The second-order valence-corrected chi connectivity index (χ2v) is 5.03. The zero-order chi connectivity index (χ0) is 12.4. The Hall–Kier alpha value is -1.76. The molecule has 18 heavy (non-hydrogen) atoms. The predicted molar refractivity (Wildman–Crippen MR) is 77.0 cm³/mol. The summed E-state index contributed by atoms with van der Waals surface area (Å²) in [7, 11) is 0. The molecule has 2 aromatic rings. The van der Waals surface area contributed by atoms with Crippen LogP contribution in [-0.4, -0.2) is 6.54 Å². The quantitative estimate of drug-likeness (QED) is 0.773. The van der Waals surface area contributed by atoms with Crippen LogP contribution in [-0.2, 0) is 6.54 Å². The first kappa shape index (κ1) is 11.3. The van der Waals surface area contributed by atoms with E-state index in [0.717, 1.165) is 13.1 Å². The first-order valence-corrected chi connectivity index (χ1v) is 6.76. The van der Waals surface area contributed by atoms with Gasteiger partial charge in [0, 0.05) is 24.7 Å². The summed E-state index contributed by atoms with van der Waals surface area (Å²) in [5, 5.41) is 0. The summed E-state index contributed by atoms with van der Waals surface area (Å²) in [6.07, 6.45) is 1.22. The van der Waals surface area contributed by atoms with Crippen molar-refractivity contribution in [2.75, 3.05) is 11.4 Å². The molecule has 0 N–H and O–H groups in total. The van der Waals surface area contributed by atoms with E-state index >= 15 is 0 Å². The van der Waals surface area contributed by atoms with Crippen LogP contribution in [0.3, 0.4) is 0 Å². The molecule has 1 aliphatic rings. The molecule has 0 bridgehead atoms. The largest absolute Gasteiger partial charge is 0.366 e. The standard InChI is InChI=1S/C17H19N/c1-2-15-13-18(12-14-8-4-3-5-9-14)17-11-7-6-10-16(15)17/h3-11,15H,2,12-13H2,1H3. The van der Waals surface area contributed by atoms with E-state index in [9.17, 15) is 0 Å². The SMILES string of the molecule is CCC1CN(Cc2ccccc2)c2ccccc21. The fraction of sp³-hybridized carbons (Fsp3) is 0.294. The monoisotopic (exact) mass is 237 g/mol. The zero-order valence-corrected chi connectivity index (χ0v) is 10.8. The highest BCUT2D eigenvalue weighted by Gasteiger charge is 2.26. The first-order valence-electron chi connectivity index (χ1n) is 6.76. The van der Waals surface area contributed by atoms with Gasteiger partial charge in [-0.2, -0.15) is 0 Å². The van der Waals surface area contributed by atoms with E-state index in [0.29, 0.717) is 5.92 Å². The van der Waals surface area contributed by atoms with Gasteiger partial charge in [-0.25, -0.2) is 0 Å². The number of nitrogens with zero attached hydrogens (tertiary/aromatic N) is 1. The van der Waals surface area contributed by atoms with Crippen molar-refractivity contribution in [3.05, 3.63) is 65.7 Å². The molecule has 0 aliphatic carbocycles. The lowest BCUT2D eigenvalue weighted by atomic mass is 9.99. The highest BCUT2D eigenvalue weighted by atomic mass is 15.2. The van der Waals surface area contributed by atoms with Crippen LogP contribution in [0.4, 0.5) is 5.69 Å². The Morgan fingerprint density at radius 2 is 1.72 bits per heavy atom. The summed E-state index contributed by atoms with van der Waals surface area (Å²) in [6, 6.07) is 19.6. The van der Waals surface area contributed by atoms with Crippen molar-refractivity contribution in [2.24, 2.45) is 0 Å². The van der Waals surface area contributed by atoms with Crippen LogP contribution in [0.2, 0.25) is 0 Å². The summed E-state index contributed by atoms with van der Waals surface area (Å²) in [4.78, 5) is 2.51. The molecule has 0 saturated heterocycles. The van der Waals surface area contributed by atoms with Crippen molar-refractivity contribution >= 4 is 5.69 Å². The maximum Gasteiger partial charge on any atom is 0.0429 e. The van der Waals surface area contributed by atoms with Crippen molar-refractivity contribution < 1.29 is 0 Å². The molecule has 1 unspecified atom stereocenters. The summed E-state index contributed by atoms with van der Waals surface area (Å²) in [5.41, 5.74) is 4.34. The van der Waals surface area contributed by atoms with E-state index < -0.39 is 0 Å². The van der Waals surface area contributed by atoms with Crippen molar-refractivity contribution in [1.29, 1.82) is 0 Å². The minimum absolute atomic E-state index is 0.699. The van der Waals surface area contributed by atoms with E-state index in [-0.39, 0.29) is 0 Å². The summed E-state index contributed by atoms with van der Waals surface area (Å²) in [5.74, 6) is 0.699. The number of anilines is 1. The molecule has 0 spiro atoms. The van der Waals surface area contributed by atoms with Gasteiger partial charge in [-0.05, 0) is 23.6 Å². The number of fused-ring (bicyclic) bond motifs is 1. The molecule has 0 fully saturated rings. The molecule has 3 rings (SSSR count). The Bertz CT molecular complexity index is 518. The van der Waals surface area contributed by atoms with Crippen LogP contribution in [0.5, 0.6) is 0 Å². The highest BCUT2D eigenvalue weighted by Crippen LogP contribution is 2.38. The summed E-state index contributed by atoms with van der Waals surface area (Å²) in [6.45, 7) is 4.46. The molecule has 1 aliphatic heterocycles. The molecule has 0 aromatic heterocycles. The number of para-hydroxylation sites is 1. The fourth-order valence-electron chi connectivity index (χ4n) is 2.89. The average Bonchev–Trinajstić information content (AvgIpc) is 2.78. The van der Waals surface area contributed by atoms with Crippen molar-refractivity contribution in [1.82, 2.24) is 0 Å². The minimum atomic E-state index is 0.699. The van der Waals surface area contributed by atoms with Gasteiger partial charge in [-0.1, -0.05) is 55.5 Å². The van der Waals surface area contributed by atoms with Gasteiger partial charge in [-0.15, -0.1) is 0 Å². The van der Waals surface area contributed by atoms with Crippen LogP contribution < -0.4 is 4.90 Å². The normalized spacial score (nSPS) is 17.8. The lowest BCUT2D eigenvalue weighted by Gasteiger charge is -2.20. The molecule has 1 atom stereocenters. The molecular formula is C17H19N. The number of benzene rings is 2. The van der Waals surface area contributed by atoms with E-state index in [1.54, 1.807) is 0 Å². The van der Waals surface area contributed by atoms with E-state index in [4.69, 9.17) is 0 Å². The molecule has 1 nitrogen and oxygen atoms in total. The highest BCUT2D eigenvalue weighted by molar-refractivity contribution is 5.60. The van der Waals surface area contributed by atoms with Gasteiger partial charge in [-0.3, -0.25) is 0 Å². The average molecular weight is 237 g/mol. The maximum atomic E-state index is 2.51. The molecule has 92 valence electrons. The third-order valence-corrected chi connectivity index (χ3v) is 3.87. The van der Waals surface area contributed by atoms with E-state index in [2.05, 4.69) is 66.4 Å². The number of rotatable bonds is 3. The molecule has 1 heterocycles. The van der Waals surface area contributed by atoms with Gasteiger partial charge < -0.3 is 4.90 Å². The molecule has 1 heteroatoms. The maximum absolute atomic E-state index is 2.51. The van der Waals surface area contributed by atoms with Gasteiger partial charge in [0.25, 0.3) is 0 Å². The van der Waals surface area contributed by atoms with E-state index in [1.807, 2.05) is 0 Å². The number of hydrogen-bond donors (Lipinski definition) is 0. The smallest absolute Gasteiger partial charge is 0.0429 e. The Morgan fingerprint density at radius 1 is 1.00 bits per heavy atom. The van der Waals surface area contributed by atoms with Crippen molar-refractivity contribution in [3.8, 4) is 0 Å². The van der Waals surface area contributed by atoms with Crippen LogP contribution in [0.25, 0.3) is 0 Å². The molecule has 0 amide bonds. The Balaban J connectivity index is 1.87. The third kappa shape index (κ3) is 2.01. The first-order chi connectivity index (χ1) is 8.88. The van der Waals surface area contributed by atoms with Crippen LogP contribution in [0, 0.1) is 0 Å². The summed E-state index contributed by atoms with van der Waals surface area (Å²) < 4.78 is 0. The van der Waals surface area contributed by atoms with Gasteiger partial charge in [0.1, 0.15) is 0 Å². The van der Waals surface area contributed by atoms with Crippen LogP contribution in [0.15, 0.2) is 54.6 Å². The second-order valence-electron chi connectivity index (χ2n) is 5.03. The lowest BCUT2D eigenvalue weighted by molar-refractivity contribution is 0.671. The van der Waals surface area contributed by atoms with Crippen LogP contribution >= 0.6 is 0 Å². The molecule has 0 radical (unpaired) electrons. The number of hydrogen-bond acceptors (Lipinski definition) is 1. The second kappa shape index (κ2) is 4.85. The molecule has 0 saturated carbocycles. The molecular weight excluding hydrogens is 218 g/mol. The van der Waals surface area contributed by atoms with E-state index in [1.165, 1.54) is 23.2 Å². The Labute approximate surface area is 109 Å². The van der Waals surface area contributed by atoms with Crippen molar-refractivity contribution in [3.63, 3.8) is 0 Å². The van der Waals surface area contributed by atoms with Gasteiger partial charge >= 0.3 is 0 Å². The van der Waals surface area contributed by atoms with Gasteiger partial charge in [0.15, 0.2) is 0 Å². The lowest BCUT2D eigenvalue weighted by Crippen LogP contribution is -2.21. The van der Waals surface area contributed by atoms with Gasteiger partial charge in [0.05, 0.1) is 0 Å². The predicted octanol–water partition coefficient (Wildman–Crippen LogP) is 4.20. The Morgan fingerprint density at radius 3 is 2.50 bits per heavy atom. The Kier molecular flexibility index (Phi) is 3.06. The molecule has 2 aromatic carbocycles. The van der Waals surface area contributed by atoms with Gasteiger partial charge in [0.2, 0.25) is 0 Å². The van der Waals surface area contributed by atoms with Crippen LogP contribution in [0.1, 0.15) is 30.4 Å². The topological polar surface area (TPSA) is 3.24 Å².